The van der Waals surface area contributed by atoms with E-state index in [9.17, 15) is 4.79 Å². The predicted molar refractivity (Wildman–Crippen MR) is 93.4 cm³/mol. The van der Waals surface area contributed by atoms with Crippen LogP contribution in [-0.4, -0.2) is 12.5 Å². The summed E-state index contributed by atoms with van der Waals surface area (Å²) in [5.74, 6) is 0.792. The maximum atomic E-state index is 12.0. The molecule has 0 aliphatic carbocycles. The summed E-state index contributed by atoms with van der Waals surface area (Å²) < 4.78 is 5.52. The largest absolute Gasteiger partial charge is 0.469 e. The lowest BCUT2D eigenvalue weighted by atomic mass is 10.0. The average molecular weight is 323 g/mol. The van der Waals surface area contributed by atoms with Crippen molar-refractivity contribution in [2.24, 2.45) is 0 Å². The number of furan rings is 1. The van der Waals surface area contributed by atoms with E-state index in [-0.39, 0.29) is 11.8 Å². The standard InChI is InChI=1S/C19H17NO2S/c21-19(11-10-15-6-2-1-3-7-15)20-14-16(17-8-4-12-22-17)18-9-5-13-23-18/h1-13,16H,14H2,(H,20,21)/b11-10+/t16-/m1/s1. The maximum absolute atomic E-state index is 12.0. The summed E-state index contributed by atoms with van der Waals surface area (Å²) in [6.45, 7) is 0.506. The van der Waals surface area contributed by atoms with Gasteiger partial charge in [0, 0.05) is 17.5 Å². The van der Waals surface area contributed by atoms with Crippen molar-refractivity contribution in [3.05, 3.63) is 88.5 Å². The summed E-state index contributed by atoms with van der Waals surface area (Å²) in [6, 6.07) is 17.6. The highest BCUT2D eigenvalue weighted by Crippen LogP contribution is 2.28. The Balaban J connectivity index is 1.63. The number of thiophene rings is 1. The first-order valence-corrected chi connectivity index (χ1v) is 8.28. The topological polar surface area (TPSA) is 42.2 Å². The van der Waals surface area contributed by atoms with Crippen molar-refractivity contribution in [3.63, 3.8) is 0 Å². The van der Waals surface area contributed by atoms with Gasteiger partial charge in [0.15, 0.2) is 0 Å². The lowest BCUT2D eigenvalue weighted by Gasteiger charge is -2.13. The molecule has 0 fully saturated rings. The molecule has 0 saturated carbocycles. The molecule has 1 amide bonds. The van der Waals surface area contributed by atoms with Gasteiger partial charge in [-0.3, -0.25) is 4.79 Å². The molecule has 3 rings (SSSR count). The van der Waals surface area contributed by atoms with Gasteiger partial charge in [0.1, 0.15) is 5.76 Å². The van der Waals surface area contributed by atoms with Gasteiger partial charge in [0.05, 0.1) is 12.2 Å². The van der Waals surface area contributed by atoms with E-state index in [4.69, 9.17) is 4.42 Å². The smallest absolute Gasteiger partial charge is 0.244 e. The Hall–Kier alpha value is -2.59. The second kappa shape index (κ2) is 7.61. The van der Waals surface area contributed by atoms with Crippen LogP contribution in [0.5, 0.6) is 0 Å². The molecule has 0 bridgehead atoms. The molecular weight excluding hydrogens is 306 g/mol. The molecule has 1 atom stereocenters. The first-order valence-electron chi connectivity index (χ1n) is 7.40. The molecule has 1 aromatic carbocycles. The number of carbonyl (C=O) groups is 1. The fourth-order valence-corrected chi connectivity index (χ4v) is 3.15. The number of hydrogen-bond acceptors (Lipinski definition) is 3. The van der Waals surface area contributed by atoms with Gasteiger partial charge in [-0.25, -0.2) is 0 Å². The molecule has 23 heavy (non-hydrogen) atoms. The third kappa shape index (κ3) is 4.20. The van der Waals surface area contributed by atoms with Crippen molar-refractivity contribution >= 4 is 23.3 Å². The fraction of sp³-hybridized carbons (Fsp3) is 0.105. The Bertz CT molecular complexity index is 712. The minimum Gasteiger partial charge on any atom is -0.469 e. The van der Waals surface area contributed by atoms with Crippen LogP contribution < -0.4 is 5.32 Å². The van der Waals surface area contributed by atoms with Crippen molar-refractivity contribution < 1.29 is 9.21 Å². The molecule has 2 heterocycles. The average Bonchev–Trinajstić information content (AvgIpc) is 3.28. The number of benzene rings is 1. The number of carbonyl (C=O) groups excluding carboxylic acids is 1. The zero-order chi connectivity index (χ0) is 15.9. The van der Waals surface area contributed by atoms with Crippen molar-refractivity contribution in [2.45, 2.75) is 5.92 Å². The predicted octanol–water partition coefficient (Wildman–Crippen LogP) is 4.30. The first kappa shape index (κ1) is 15.3. The van der Waals surface area contributed by atoms with E-state index in [2.05, 4.69) is 11.4 Å². The van der Waals surface area contributed by atoms with Crippen LogP contribution in [-0.2, 0) is 4.79 Å². The van der Waals surface area contributed by atoms with Gasteiger partial charge in [-0.05, 0) is 35.2 Å². The summed E-state index contributed by atoms with van der Waals surface area (Å²) in [5, 5.41) is 4.98. The Morgan fingerprint density at radius 1 is 1.13 bits per heavy atom. The van der Waals surface area contributed by atoms with Crippen molar-refractivity contribution in [3.8, 4) is 0 Å². The van der Waals surface area contributed by atoms with Gasteiger partial charge in [-0.15, -0.1) is 11.3 Å². The van der Waals surface area contributed by atoms with Crippen LogP contribution in [0.25, 0.3) is 6.08 Å². The van der Waals surface area contributed by atoms with Crippen LogP contribution in [0.1, 0.15) is 22.1 Å². The molecule has 0 aliphatic heterocycles. The van der Waals surface area contributed by atoms with Crippen LogP contribution in [0.3, 0.4) is 0 Å². The van der Waals surface area contributed by atoms with E-state index in [0.717, 1.165) is 11.3 Å². The molecule has 0 radical (unpaired) electrons. The minimum absolute atomic E-state index is 0.0408. The fourth-order valence-electron chi connectivity index (χ4n) is 2.32. The molecule has 116 valence electrons. The number of rotatable bonds is 6. The highest BCUT2D eigenvalue weighted by molar-refractivity contribution is 7.10. The van der Waals surface area contributed by atoms with Crippen molar-refractivity contribution in [1.29, 1.82) is 0 Å². The quantitative estimate of drug-likeness (QED) is 0.687. The summed E-state index contributed by atoms with van der Waals surface area (Å²) in [6.07, 6.45) is 5.03. The highest BCUT2D eigenvalue weighted by atomic mass is 32.1. The minimum atomic E-state index is -0.109. The van der Waals surface area contributed by atoms with Crippen LogP contribution in [0.15, 0.2) is 76.7 Å². The van der Waals surface area contributed by atoms with Crippen molar-refractivity contribution in [2.75, 3.05) is 6.54 Å². The normalized spacial score (nSPS) is 12.3. The zero-order valence-electron chi connectivity index (χ0n) is 12.5. The molecule has 0 spiro atoms. The van der Waals surface area contributed by atoms with E-state index in [1.165, 1.54) is 4.88 Å². The summed E-state index contributed by atoms with van der Waals surface area (Å²) in [7, 11) is 0. The summed E-state index contributed by atoms with van der Waals surface area (Å²) in [5.41, 5.74) is 1.00. The lowest BCUT2D eigenvalue weighted by molar-refractivity contribution is -0.116. The molecule has 3 aromatic rings. The van der Waals surface area contributed by atoms with Crippen LogP contribution in [0.4, 0.5) is 0 Å². The molecule has 0 aliphatic rings. The summed E-state index contributed by atoms with van der Waals surface area (Å²) >= 11 is 1.66. The Morgan fingerprint density at radius 3 is 2.70 bits per heavy atom. The van der Waals surface area contributed by atoms with Gasteiger partial charge in [-0.1, -0.05) is 36.4 Å². The second-order valence-corrected chi connectivity index (χ2v) is 6.05. The van der Waals surface area contributed by atoms with Crippen molar-refractivity contribution in [1.82, 2.24) is 5.32 Å². The SMILES string of the molecule is O=C(/C=C/c1ccccc1)NC[C@H](c1ccco1)c1cccs1. The molecule has 0 saturated heterocycles. The monoisotopic (exact) mass is 323 g/mol. The Morgan fingerprint density at radius 2 is 2.00 bits per heavy atom. The molecular formula is C19H17NO2S. The van der Waals surface area contributed by atoms with Gasteiger partial charge < -0.3 is 9.73 Å². The van der Waals surface area contributed by atoms with Gasteiger partial charge >= 0.3 is 0 Å². The Labute approximate surface area is 139 Å². The second-order valence-electron chi connectivity index (χ2n) is 5.07. The highest BCUT2D eigenvalue weighted by Gasteiger charge is 2.18. The van der Waals surface area contributed by atoms with Gasteiger partial charge in [0.2, 0.25) is 5.91 Å². The maximum Gasteiger partial charge on any atom is 0.244 e. The molecule has 4 heteroatoms. The third-order valence-corrected chi connectivity index (χ3v) is 4.47. The molecule has 3 nitrogen and oxygen atoms in total. The van der Waals surface area contributed by atoms with Crippen LogP contribution >= 0.6 is 11.3 Å². The number of hydrogen-bond donors (Lipinski definition) is 1. The number of nitrogens with one attached hydrogen (secondary N) is 1. The Kier molecular flexibility index (Phi) is 5.06. The third-order valence-electron chi connectivity index (χ3n) is 3.48. The van der Waals surface area contributed by atoms with E-state index < -0.39 is 0 Å². The van der Waals surface area contributed by atoms with E-state index in [0.29, 0.717) is 6.54 Å². The first-order chi connectivity index (χ1) is 11.3. The van der Waals surface area contributed by atoms with Gasteiger partial charge in [-0.2, -0.15) is 0 Å². The molecule has 1 N–H and O–H groups in total. The number of amides is 1. The van der Waals surface area contributed by atoms with Gasteiger partial charge in [0.25, 0.3) is 0 Å². The zero-order valence-corrected chi connectivity index (χ0v) is 13.3. The molecule has 2 aromatic heterocycles. The van der Waals surface area contributed by atoms with E-state index in [1.54, 1.807) is 23.7 Å². The summed E-state index contributed by atoms with van der Waals surface area (Å²) in [4.78, 5) is 13.2. The lowest BCUT2D eigenvalue weighted by Crippen LogP contribution is -2.26. The van der Waals surface area contributed by atoms with Crippen LogP contribution in [0, 0.1) is 0 Å². The van der Waals surface area contributed by atoms with E-state index >= 15 is 0 Å². The molecule has 0 unspecified atom stereocenters. The van der Waals surface area contributed by atoms with Crippen LogP contribution in [0.2, 0.25) is 0 Å². The van der Waals surface area contributed by atoms with E-state index in [1.807, 2.05) is 60.0 Å².